The molecule has 2 aromatic rings. The van der Waals surface area contributed by atoms with E-state index in [2.05, 4.69) is 10.3 Å². The van der Waals surface area contributed by atoms with Gasteiger partial charge in [-0.05, 0) is 19.1 Å². The summed E-state index contributed by atoms with van der Waals surface area (Å²) in [5.74, 6) is 0.0443. The first-order valence-electron chi connectivity index (χ1n) is 5.64. The van der Waals surface area contributed by atoms with Gasteiger partial charge in [0.15, 0.2) is 5.13 Å². The number of rotatable bonds is 4. The second-order valence-electron chi connectivity index (χ2n) is 3.87. The number of hydrogen-bond donors (Lipinski definition) is 1. The fraction of sp³-hybridized carbons (Fsp3) is 0.333. The SMILES string of the molecule is CCN(C)C(=O)CNc1nc2cccc(Cl)c2s1. The molecule has 0 unspecified atom stereocenters. The van der Waals surface area contributed by atoms with Gasteiger partial charge in [0.25, 0.3) is 0 Å². The minimum absolute atomic E-state index is 0.0443. The van der Waals surface area contributed by atoms with Crippen molar-refractivity contribution in [2.45, 2.75) is 6.92 Å². The molecule has 1 aromatic carbocycles. The van der Waals surface area contributed by atoms with E-state index < -0.39 is 0 Å². The molecule has 0 bridgehead atoms. The van der Waals surface area contributed by atoms with Gasteiger partial charge in [-0.25, -0.2) is 4.98 Å². The molecule has 0 aliphatic heterocycles. The summed E-state index contributed by atoms with van der Waals surface area (Å²) < 4.78 is 0.943. The number of thiazole rings is 1. The molecule has 0 saturated carbocycles. The van der Waals surface area contributed by atoms with E-state index in [1.165, 1.54) is 11.3 Å². The summed E-state index contributed by atoms with van der Waals surface area (Å²) in [6.07, 6.45) is 0. The number of nitrogens with zero attached hydrogens (tertiary/aromatic N) is 2. The molecule has 96 valence electrons. The number of carbonyl (C=O) groups is 1. The number of fused-ring (bicyclic) bond motifs is 1. The molecule has 0 saturated heterocycles. The number of nitrogens with one attached hydrogen (secondary N) is 1. The van der Waals surface area contributed by atoms with E-state index in [1.54, 1.807) is 11.9 Å². The average molecular weight is 284 g/mol. The summed E-state index contributed by atoms with van der Waals surface area (Å²) in [4.78, 5) is 17.7. The largest absolute Gasteiger partial charge is 0.352 e. The number of anilines is 1. The van der Waals surface area contributed by atoms with E-state index in [0.29, 0.717) is 11.6 Å². The van der Waals surface area contributed by atoms with Gasteiger partial charge < -0.3 is 10.2 Å². The molecular weight excluding hydrogens is 270 g/mol. The van der Waals surface area contributed by atoms with Crippen LogP contribution in [0.1, 0.15) is 6.92 Å². The third-order valence-electron chi connectivity index (χ3n) is 2.66. The van der Waals surface area contributed by atoms with Crippen LogP contribution in [0, 0.1) is 0 Å². The maximum absolute atomic E-state index is 11.6. The van der Waals surface area contributed by atoms with Gasteiger partial charge in [0.05, 0.1) is 21.8 Å². The fourth-order valence-electron chi connectivity index (χ4n) is 1.45. The number of benzene rings is 1. The van der Waals surface area contributed by atoms with E-state index in [0.717, 1.165) is 15.3 Å². The Morgan fingerprint density at radius 1 is 1.56 bits per heavy atom. The summed E-state index contributed by atoms with van der Waals surface area (Å²) in [7, 11) is 1.78. The molecule has 18 heavy (non-hydrogen) atoms. The molecule has 0 aliphatic carbocycles. The molecule has 2 rings (SSSR count). The second kappa shape index (κ2) is 5.54. The molecule has 0 fully saturated rings. The second-order valence-corrected chi connectivity index (χ2v) is 5.27. The molecular formula is C12H14ClN3OS. The summed E-state index contributed by atoms with van der Waals surface area (Å²) in [6.45, 7) is 2.89. The Bertz CT molecular complexity index is 569. The monoisotopic (exact) mass is 283 g/mol. The zero-order chi connectivity index (χ0) is 13.1. The predicted molar refractivity (Wildman–Crippen MR) is 76.4 cm³/mol. The molecule has 4 nitrogen and oxygen atoms in total. The summed E-state index contributed by atoms with van der Waals surface area (Å²) >= 11 is 7.53. The van der Waals surface area contributed by atoms with Gasteiger partial charge in [-0.1, -0.05) is 29.0 Å². The quantitative estimate of drug-likeness (QED) is 0.938. The third-order valence-corrected chi connectivity index (χ3v) is 4.15. The maximum atomic E-state index is 11.6. The molecule has 6 heteroatoms. The smallest absolute Gasteiger partial charge is 0.241 e. The number of carbonyl (C=O) groups excluding carboxylic acids is 1. The molecule has 0 aliphatic rings. The average Bonchev–Trinajstić information content (AvgIpc) is 2.79. The lowest BCUT2D eigenvalue weighted by atomic mass is 10.3. The van der Waals surface area contributed by atoms with Crippen molar-refractivity contribution < 1.29 is 4.79 Å². The van der Waals surface area contributed by atoms with E-state index in [9.17, 15) is 4.79 Å². The minimum Gasteiger partial charge on any atom is -0.352 e. The normalized spacial score (nSPS) is 10.6. The lowest BCUT2D eigenvalue weighted by molar-refractivity contribution is -0.127. The number of hydrogen-bond acceptors (Lipinski definition) is 4. The molecule has 0 radical (unpaired) electrons. The van der Waals surface area contributed by atoms with Crippen molar-refractivity contribution in [3.05, 3.63) is 23.2 Å². The van der Waals surface area contributed by atoms with Gasteiger partial charge in [0.1, 0.15) is 0 Å². The van der Waals surface area contributed by atoms with E-state index in [-0.39, 0.29) is 12.5 Å². The Morgan fingerprint density at radius 2 is 2.33 bits per heavy atom. The van der Waals surface area contributed by atoms with Crippen LogP contribution in [0.4, 0.5) is 5.13 Å². The van der Waals surface area contributed by atoms with Crippen LogP contribution in [-0.4, -0.2) is 35.9 Å². The van der Waals surface area contributed by atoms with Crippen LogP contribution in [-0.2, 0) is 4.79 Å². The third kappa shape index (κ3) is 2.73. The highest BCUT2D eigenvalue weighted by Gasteiger charge is 2.09. The standard InChI is InChI=1S/C12H14ClN3OS/c1-3-16(2)10(17)7-14-12-15-9-6-4-5-8(13)11(9)18-12/h4-6H,3,7H2,1-2H3,(H,14,15). The van der Waals surface area contributed by atoms with Crippen LogP contribution in [0.15, 0.2) is 18.2 Å². The molecule has 1 aromatic heterocycles. The number of aromatic nitrogens is 1. The topological polar surface area (TPSA) is 45.2 Å². The lowest BCUT2D eigenvalue weighted by Gasteiger charge is -2.14. The highest BCUT2D eigenvalue weighted by atomic mass is 35.5. The molecule has 0 atom stereocenters. The number of halogens is 1. The van der Waals surface area contributed by atoms with Crippen molar-refractivity contribution in [3.8, 4) is 0 Å². The van der Waals surface area contributed by atoms with Crippen molar-refractivity contribution in [3.63, 3.8) is 0 Å². The molecule has 1 amide bonds. The highest BCUT2D eigenvalue weighted by Crippen LogP contribution is 2.31. The van der Waals surface area contributed by atoms with Crippen molar-refractivity contribution >= 4 is 44.2 Å². The summed E-state index contributed by atoms with van der Waals surface area (Å²) in [5, 5.41) is 4.44. The Balaban J connectivity index is 2.09. The zero-order valence-electron chi connectivity index (χ0n) is 10.2. The highest BCUT2D eigenvalue weighted by molar-refractivity contribution is 7.22. The summed E-state index contributed by atoms with van der Waals surface area (Å²) in [5.41, 5.74) is 0.853. The van der Waals surface area contributed by atoms with Crippen LogP contribution in [0.25, 0.3) is 10.2 Å². The van der Waals surface area contributed by atoms with Gasteiger partial charge in [-0.3, -0.25) is 4.79 Å². The van der Waals surface area contributed by atoms with Gasteiger partial charge >= 0.3 is 0 Å². The van der Waals surface area contributed by atoms with Gasteiger partial charge in [-0.15, -0.1) is 0 Å². The maximum Gasteiger partial charge on any atom is 0.241 e. The van der Waals surface area contributed by atoms with Crippen LogP contribution in [0.2, 0.25) is 5.02 Å². The van der Waals surface area contributed by atoms with Gasteiger partial charge in [-0.2, -0.15) is 0 Å². The van der Waals surface area contributed by atoms with Crippen LogP contribution < -0.4 is 5.32 Å². The zero-order valence-corrected chi connectivity index (χ0v) is 11.8. The summed E-state index contributed by atoms with van der Waals surface area (Å²) in [6, 6.07) is 5.61. The fourth-order valence-corrected chi connectivity index (χ4v) is 2.60. The first-order chi connectivity index (χ1) is 8.61. The minimum atomic E-state index is 0.0443. The van der Waals surface area contributed by atoms with E-state index >= 15 is 0 Å². The first-order valence-corrected chi connectivity index (χ1v) is 6.84. The number of amides is 1. The Morgan fingerprint density at radius 3 is 3.00 bits per heavy atom. The van der Waals surface area contributed by atoms with Crippen molar-refractivity contribution in [1.29, 1.82) is 0 Å². The Labute approximate surface area is 115 Å². The van der Waals surface area contributed by atoms with E-state index in [1.807, 2.05) is 25.1 Å². The molecule has 0 spiro atoms. The van der Waals surface area contributed by atoms with Gasteiger partial charge in [0.2, 0.25) is 5.91 Å². The lowest BCUT2D eigenvalue weighted by Crippen LogP contribution is -2.31. The van der Waals surface area contributed by atoms with Crippen molar-refractivity contribution in [1.82, 2.24) is 9.88 Å². The van der Waals surface area contributed by atoms with Crippen LogP contribution in [0.3, 0.4) is 0 Å². The Hall–Kier alpha value is -1.33. The first kappa shape index (κ1) is 13.1. The molecule has 1 heterocycles. The van der Waals surface area contributed by atoms with Crippen LogP contribution in [0.5, 0.6) is 0 Å². The number of likely N-dealkylation sites (N-methyl/N-ethyl adjacent to an activating group) is 1. The Kier molecular flexibility index (Phi) is 4.04. The van der Waals surface area contributed by atoms with Crippen molar-refractivity contribution in [2.24, 2.45) is 0 Å². The predicted octanol–water partition coefficient (Wildman–Crippen LogP) is 2.84. The molecule has 1 N–H and O–H groups in total. The van der Waals surface area contributed by atoms with Gasteiger partial charge in [0, 0.05) is 13.6 Å². The van der Waals surface area contributed by atoms with Crippen LogP contribution >= 0.6 is 22.9 Å². The van der Waals surface area contributed by atoms with Crippen molar-refractivity contribution in [2.75, 3.05) is 25.5 Å². The van der Waals surface area contributed by atoms with E-state index in [4.69, 9.17) is 11.6 Å².